The van der Waals surface area contributed by atoms with E-state index in [0.29, 0.717) is 0 Å². The SMILES string of the molecule is CCCCc1ccc2c(c1)C(C)(C)c1cc(N(c3ccc(-c4ccccc4)cc3)c3ccc(-c4ccc5c(c4)c4ccccc4n5-c4ccccc4)cc3)ccc1-2. The number of hydrogen-bond acceptors (Lipinski definition) is 1. The molecule has 0 saturated heterocycles. The third kappa shape index (κ3) is 6.04. The highest BCUT2D eigenvalue weighted by Gasteiger charge is 2.36. The topological polar surface area (TPSA) is 8.17 Å². The van der Waals surface area contributed by atoms with Crippen molar-refractivity contribution < 1.29 is 0 Å². The average Bonchev–Trinajstić information content (AvgIpc) is 3.71. The molecule has 0 radical (unpaired) electrons. The van der Waals surface area contributed by atoms with Crippen LogP contribution in [-0.4, -0.2) is 4.57 Å². The third-order valence-corrected chi connectivity index (χ3v) is 12.2. The van der Waals surface area contributed by atoms with Gasteiger partial charge in [-0.05, 0) is 130 Å². The molecule has 8 aromatic carbocycles. The van der Waals surface area contributed by atoms with Crippen LogP contribution in [0.15, 0.2) is 188 Å². The Bertz CT molecular complexity index is 2880. The number of unbranched alkanes of at least 4 members (excludes halogenated alkanes) is 1. The number of rotatable bonds is 9. The highest BCUT2D eigenvalue weighted by atomic mass is 15.1. The van der Waals surface area contributed by atoms with Gasteiger partial charge in [0.1, 0.15) is 0 Å². The molecule has 0 aliphatic heterocycles. The summed E-state index contributed by atoms with van der Waals surface area (Å²) in [5.74, 6) is 0. The summed E-state index contributed by atoms with van der Waals surface area (Å²) in [6.07, 6.45) is 3.57. The Labute approximate surface area is 336 Å². The fourth-order valence-corrected chi connectivity index (χ4v) is 9.14. The maximum atomic E-state index is 2.47. The summed E-state index contributed by atoms with van der Waals surface area (Å²) in [5.41, 5.74) is 18.7. The molecule has 0 bridgehead atoms. The Balaban J connectivity index is 1.05. The molecule has 0 saturated carbocycles. The van der Waals surface area contributed by atoms with E-state index in [1.54, 1.807) is 0 Å². The molecule has 1 aliphatic carbocycles. The quantitative estimate of drug-likeness (QED) is 0.143. The summed E-state index contributed by atoms with van der Waals surface area (Å²) < 4.78 is 2.38. The van der Waals surface area contributed by atoms with Crippen molar-refractivity contribution in [1.29, 1.82) is 0 Å². The molecule has 0 fully saturated rings. The molecule has 9 aromatic rings. The Morgan fingerprint density at radius 3 is 1.70 bits per heavy atom. The molecule has 0 spiro atoms. The van der Waals surface area contributed by atoms with E-state index in [1.807, 2.05) is 0 Å². The maximum Gasteiger partial charge on any atom is 0.0541 e. The Morgan fingerprint density at radius 1 is 0.456 bits per heavy atom. The van der Waals surface area contributed by atoms with Gasteiger partial charge in [0, 0.05) is 38.9 Å². The molecule has 276 valence electrons. The van der Waals surface area contributed by atoms with Crippen LogP contribution in [0.25, 0.3) is 60.9 Å². The van der Waals surface area contributed by atoms with Crippen molar-refractivity contribution in [2.75, 3.05) is 4.90 Å². The molecule has 1 aromatic heterocycles. The largest absolute Gasteiger partial charge is 0.310 e. The van der Waals surface area contributed by atoms with Crippen LogP contribution < -0.4 is 4.90 Å². The van der Waals surface area contributed by atoms with Crippen molar-refractivity contribution in [3.05, 3.63) is 205 Å². The highest BCUT2D eigenvalue weighted by Crippen LogP contribution is 2.51. The second-order valence-corrected chi connectivity index (χ2v) is 16.1. The number of benzene rings is 8. The van der Waals surface area contributed by atoms with Gasteiger partial charge in [0.05, 0.1) is 11.0 Å². The van der Waals surface area contributed by atoms with E-state index in [9.17, 15) is 0 Å². The van der Waals surface area contributed by atoms with Crippen LogP contribution in [0.2, 0.25) is 0 Å². The average molecular weight is 735 g/mol. The molecule has 0 amide bonds. The molecule has 2 heteroatoms. The van der Waals surface area contributed by atoms with E-state index >= 15 is 0 Å². The first-order chi connectivity index (χ1) is 28.0. The standard InChI is InChI=1S/C55H46N2/c1-4-5-14-38-21-32-47-48-33-31-46(37-52(48)55(2,3)51(47)35-38)56(44-27-22-40(23-28-44)39-15-8-6-9-16-39)45-29-24-41(25-30-45)42-26-34-54-50(36-42)49-19-12-13-20-53(49)57(54)43-17-10-7-11-18-43/h6-13,15-37H,4-5,14H2,1-3H3. The zero-order valence-electron chi connectivity index (χ0n) is 32.9. The minimum absolute atomic E-state index is 0.0993. The molecule has 0 N–H and O–H groups in total. The molecule has 0 atom stereocenters. The Kier molecular flexibility index (Phi) is 8.64. The summed E-state index contributed by atoms with van der Waals surface area (Å²) in [5, 5.41) is 2.52. The van der Waals surface area contributed by atoms with E-state index in [-0.39, 0.29) is 5.41 Å². The lowest BCUT2D eigenvalue weighted by Gasteiger charge is -2.28. The number of para-hydroxylation sites is 2. The first kappa shape index (κ1) is 34.8. The summed E-state index contributed by atoms with van der Waals surface area (Å²) in [7, 11) is 0. The molecule has 0 unspecified atom stereocenters. The molecular weight excluding hydrogens is 689 g/mol. The van der Waals surface area contributed by atoms with Crippen molar-refractivity contribution in [3.8, 4) is 39.1 Å². The van der Waals surface area contributed by atoms with Gasteiger partial charge in [-0.15, -0.1) is 0 Å². The zero-order chi connectivity index (χ0) is 38.5. The smallest absolute Gasteiger partial charge is 0.0541 e. The first-order valence-corrected chi connectivity index (χ1v) is 20.4. The third-order valence-electron chi connectivity index (χ3n) is 12.2. The van der Waals surface area contributed by atoms with Gasteiger partial charge >= 0.3 is 0 Å². The van der Waals surface area contributed by atoms with Crippen LogP contribution in [0.5, 0.6) is 0 Å². The summed E-state index contributed by atoms with van der Waals surface area (Å²) >= 11 is 0. The van der Waals surface area contributed by atoms with Gasteiger partial charge < -0.3 is 9.47 Å². The number of aryl methyl sites for hydroxylation is 1. The van der Waals surface area contributed by atoms with E-state index in [0.717, 1.165) is 23.5 Å². The van der Waals surface area contributed by atoms with Crippen molar-refractivity contribution in [2.24, 2.45) is 0 Å². The molecule has 57 heavy (non-hydrogen) atoms. The van der Waals surface area contributed by atoms with Gasteiger partial charge in [0.15, 0.2) is 0 Å². The van der Waals surface area contributed by atoms with Crippen molar-refractivity contribution in [1.82, 2.24) is 4.57 Å². The molecular formula is C55H46N2. The monoisotopic (exact) mass is 734 g/mol. The van der Waals surface area contributed by atoms with Crippen LogP contribution in [0.3, 0.4) is 0 Å². The maximum absolute atomic E-state index is 2.47. The lowest BCUT2D eigenvalue weighted by Crippen LogP contribution is -2.17. The molecule has 1 heterocycles. The fourth-order valence-electron chi connectivity index (χ4n) is 9.14. The van der Waals surface area contributed by atoms with Crippen LogP contribution in [0, 0.1) is 0 Å². The highest BCUT2D eigenvalue weighted by molar-refractivity contribution is 6.10. The Hall–Kier alpha value is -6.64. The second kappa shape index (κ2) is 14.1. The van der Waals surface area contributed by atoms with Gasteiger partial charge in [-0.2, -0.15) is 0 Å². The van der Waals surface area contributed by atoms with E-state index in [2.05, 4.69) is 218 Å². The zero-order valence-corrected chi connectivity index (χ0v) is 32.9. The Morgan fingerprint density at radius 2 is 1.00 bits per heavy atom. The molecule has 10 rings (SSSR count). The summed E-state index contributed by atoms with van der Waals surface area (Å²) in [6, 6.07) is 69.4. The second-order valence-electron chi connectivity index (χ2n) is 16.1. The predicted molar refractivity (Wildman–Crippen MR) is 243 cm³/mol. The lowest BCUT2D eigenvalue weighted by atomic mass is 9.81. The van der Waals surface area contributed by atoms with E-state index in [4.69, 9.17) is 0 Å². The van der Waals surface area contributed by atoms with E-state index in [1.165, 1.54) is 90.4 Å². The van der Waals surface area contributed by atoms with Crippen molar-refractivity contribution in [3.63, 3.8) is 0 Å². The van der Waals surface area contributed by atoms with Gasteiger partial charge in [0.2, 0.25) is 0 Å². The predicted octanol–water partition coefficient (Wildman–Crippen LogP) is 15.2. The van der Waals surface area contributed by atoms with Crippen LogP contribution in [-0.2, 0) is 11.8 Å². The number of hydrogen-bond donors (Lipinski definition) is 0. The van der Waals surface area contributed by atoms with Crippen LogP contribution >= 0.6 is 0 Å². The minimum atomic E-state index is -0.0993. The van der Waals surface area contributed by atoms with Gasteiger partial charge in [-0.1, -0.05) is 149 Å². The summed E-state index contributed by atoms with van der Waals surface area (Å²) in [4.78, 5) is 2.42. The molecule has 2 nitrogen and oxygen atoms in total. The number of aromatic nitrogens is 1. The molecule has 1 aliphatic rings. The number of anilines is 3. The van der Waals surface area contributed by atoms with Gasteiger partial charge in [-0.3, -0.25) is 0 Å². The number of nitrogens with zero attached hydrogens (tertiary/aromatic N) is 2. The van der Waals surface area contributed by atoms with Gasteiger partial charge in [-0.25, -0.2) is 0 Å². The summed E-state index contributed by atoms with van der Waals surface area (Å²) in [6.45, 7) is 7.06. The van der Waals surface area contributed by atoms with Crippen LogP contribution in [0.4, 0.5) is 17.1 Å². The first-order valence-electron chi connectivity index (χ1n) is 20.4. The normalized spacial score (nSPS) is 12.8. The minimum Gasteiger partial charge on any atom is -0.310 e. The fraction of sp³-hybridized carbons (Fsp3) is 0.127. The number of fused-ring (bicyclic) bond motifs is 6. The van der Waals surface area contributed by atoms with Crippen molar-refractivity contribution in [2.45, 2.75) is 45.4 Å². The van der Waals surface area contributed by atoms with Gasteiger partial charge in [0.25, 0.3) is 0 Å². The van der Waals surface area contributed by atoms with E-state index < -0.39 is 0 Å². The lowest BCUT2D eigenvalue weighted by molar-refractivity contribution is 0.658. The van der Waals surface area contributed by atoms with Crippen molar-refractivity contribution >= 4 is 38.9 Å². The van der Waals surface area contributed by atoms with Crippen LogP contribution in [0.1, 0.15) is 50.3 Å².